The van der Waals surface area contributed by atoms with Gasteiger partial charge in [-0.15, -0.1) is 0 Å². The lowest BCUT2D eigenvalue weighted by Gasteiger charge is -2.40. The number of hydrogen-bond acceptors (Lipinski definition) is 4. The minimum absolute atomic E-state index is 0.150. The first-order valence-electron chi connectivity index (χ1n) is 7.64. The summed E-state index contributed by atoms with van der Waals surface area (Å²) in [6, 6.07) is 7.30. The fraction of sp³-hybridized carbons (Fsp3) is 0.562. The number of ether oxygens (including phenoxy) is 1. The van der Waals surface area contributed by atoms with Crippen molar-refractivity contribution in [1.29, 1.82) is 0 Å². The van der Waals surface area contributed by atoms with Gasteiger partial charge in [-0.2, -0.15) is 0 Å². The molecule has 1 atom stereocenters. The van der Waals surface area contributed by atoms with Crippen molar-refractivity contribution in [1.82, 2.24) is 4.31 Å². The molecule has 1 aliphatic heterocycles. The lowest BCUT2D eigenvalue weighted by molar-refractivity contribution is -0.157. The third kappa shape index (κ3) is 4.46. The third-order valence-corrected chi connectivity index (χ3v) is 5.64. The summed E-state index contributed by atoms with van der Waals surface area (Å²) < 4.78 is 30.5. The summed E-state index contributed by atoms with van der Waals surface area (Å²) in [6.45, 7) is 2.61. The molecule has 1 unspecified atom stereocenters. The Morgan fingerprint density at radius 1 is 1.43 bits per heavy atom. The number of carbonyl (C=O) groups is 1. The van der Waals surface area contributed by atoms with E-state index in [0.717, 1.165) is 5.56 Å². The third-order valence-electron chi connectivity index (χ3n) is 4.15. The van der Waals surface area contributed by atoms with Crippen molar-refractivity contribution >= 4 is 27.6 Å². The van der Waals surface area contributed by atoms with E-state index in [0.29, 0.717) is 30.8 Å². The van der Waals surface area contributed by atoms with E-state index >= 15 is 0 Å². The average Bonchev–Trinajstić information content (AvgIpc) is 2.47. The minimum atomic E-state index is -3.35. The van der Waals surface area contributed by atoms with Gasteiger partial charge in [-0.3, -0.25) is 4.79 Å². The molecule has 0 amide bonds. The van der Waals surface area contributed by atoms with Gasteiger partial charge in [0.05, 0.1) is 18.3 Å². The number of carbonyl (C=O) groups excluding carboxylic acids is 1. The zero-order valence-corrected chi connectivity index (χ0v) is 15.0. The van der Waals surface area contributed by atoms with E-state index in [-0.39, 0.29) is 19.1 Å². The molecule has 23 heavy (non-hydrogen) atoms. The maximum atomic E-state index is 12.6. The summed E-state index contributed by atoms with van der Waals surface area (Å²) in [6.07, 6.45) is 2.82. The fourth-order valence-electron chi connectivity index (χ4n) is 3.08. The molecule has 5 nitrogen and oxygen atoms in total. The Morgan fingerprint density at radius 2 is 2.17 bits per heavy atom. The normalized spacial score (nSPS) is 22.7. The summed E-state index contributed by atoms with van der Waals surface area (Å²) in [7, 11) is -3.35. The Balaban J connectivity index is 2.34. The number of halogens is 1. The van der Waals surface area contributed by atoms with E-state index in [4.69, 9.17) is 16.3 Å². The van der Waals surface area contributed by atoms with Gasteiger partial charge in [0.25, 0.3) is 0 Å². The lowest BCUT2D eigenvalue weighted by atomic mass is 9.75. The molecule has 1 aromatic carbocycles. The van der Waals surface area contributed by atoms with Crippen LogP contribution in [0.5, 0.6) is 0 Å². The quantitative estimate of drug-likeness (QED) is 0.758. The van der Waals surface area contributed by atoms with Gasteiger partial charge in [0, 0.05) is 18.1 Å². The number of esters is 1. The minimum Gasteiger partial charge on any atom is -0.466 e. The predicted molar refractivity (Wildman–Crippen MR) is 89.9 cm³/mol. The van der Waals surface area contributed by atoms with Gasteiger partial charge in [-0.25, -0.2) is 12.7 Å². The van der Waals surface area contributed by atoms with Crippen molar-refractivity contribution in [2.24, 2.45) is 5.41 Å². The van der Waals surface area contributed by atoms with E-state index in [1.54, 1.807) is 13.0 Å². The van der Waals surface area contributed by atoms with Crippen LogP contribution in [0.3, 0.4) is 0 Å². The van der Waals surface area contributed by atoms with Crippen LogP contribution in [-0.4, -0.2) is 44.6 Å². The highest BCUT2D eigenvalue weighted by Gasteiger charge is 2.45. The maximum Gasteiger partial charge on any atom is 0.313 e. The molecule has 7 heteroatoms. The fourth-order valence-corrected chi connectivity index (χ4v) is 4.23. The first kappa shape index (κ1) is 18.2. The van der Waals surface area contributed by atoms with Crippen LogP contribution in [0.2, 0.25) is 5.02 Å². The Kier molecular flexibility index (Phi) is 5.70. The number of rotatable bonds is 5. The Morgan fingerprint density at radius 3 is 2.78 bits per heavy atom. The molecule has 0 bridgehead atoms. The highest BCUT2D eigenvalue weighted by atomic mass is 35.5. The Bertz CT molecular complexity index is 676. The van der Waals surface area contributed by atoms with Crippen molar-refractivity contribution < 1.29 is 17.9 Å². The van der Waals surface area contributed by atoms with Gasteiger partial charge < -0.3 is 4.74 Å². The molecule has 0 spiro atoms. The van der Waals surface area contributed by atoms with E-state index in [1.807, 2.05) is 18.2 Å². The van der Waals surface area contributed by atoms with Gasteiger partial charge in [-0.1, -0.05) is 23.7 Å². The van der Waals surface area contributed by atoms with Crippen LogP contribution >= 0.6 is 11.6 Å². The Labute approximate surface area is 142 Å². The number of sulfonamides is 1. The van der Waals surface area contributed by atoms with E-state index in [9.17, 15) is 13.2 Å². The molecule has 0 N–H and O–H groups in total. The van der Waals surface area contributed by atoms with Gasteiger partial charge in [0.2, 0.25) is 10.0 Å². The largest absolute Gasteiger partial charge is 0.466 e. The summed E-state index contributed by atoms with van der Waals surface area (Å²) in [4.78, 5) is 12.6. The zero-order valence-electron chi connectivity index (χ0n) is 13.4. The zero-order chi connectivity index (χ0) is 17.1. The molecule has 0 aliphatic carbocycles. The standard InChI is InChI=1S/C16H22ClNO4S/c1-3-22-15(19)16(11-13-6-4-7-14(17)10-13)8-5-9-18(12-16)23(2,20)21/h4,6-7,10H,3,5,8-9,11-12H2,1-2H3. The molecule has 1 heterocycles. The second-order valence-electron chi connectivity index (χ2n) is 6.01. The van der Waals surface area contributed by atoms with Crippen LogP contribution in [0.1, 0.15) is 25.3 Å². The van der Waals surface area contributed by atoms with Crippen LogP contribution in [0.15, 0.2) is 24.3 Å². The Hall–Kier alpha value is -1.11. The average molecular weight is 360 g/mol. The van der Waals surface area contributed by atoms with Gasteiger partial charge >= 0.3 is 5.97 Å². The van der Waals surface area contributed by atoms with Crippen molar-refractivity contribution in [2.75, 3.05) is 26.0 Å². The van der Waals surface area contributed by atoms with Gasteiger partial charge in [0.1, 0.15) is 0 Å². The molecule has 1 fully saturated rings. The number of nitrogens with zero attached hydrogens (tertiary/aromatic N) is 1. The molecule has 0 aromatic heterocycles. The van der Waals surface area contributed by atoms with E-state index < -0.39 is 15.4 Å². The van der Waals surface area contributed by atoms with Crippen molar-refractivity contribution in [3.8, 4) is 0 Å². The van der Waals surface area contributed by atoms with Crippen molar-refractivity contribution in [3.63, 3.8) is 0 Å². The van der Waals surface area contributed by atoms with E-state index in [2.05, 4.69) is 0 Å². The van der Waals surface area contributed by atoms with Crippen LogP contribution < -0.4 is 0 Å². The molecular formula is C16H22ClNO4S. The topological polar surface area (TPSA) is 63.7 Å². The highest BCUT2D eigenvalue weighted by molar-refractivity contribution is 7.88. The van der Waals surface area contributed by atoms with Crippen molar-refractivity contribution in [3.05, 3.63) is 34.9 Å². The molecule has 0 saturated carbocycles. The SMILES string of the molecule is CCOC(=O)C1(Cc2cccc(Cl)c2)CCCN(S(C)(=O)=O)C1. The molecule has 1 saturated heterocycles. The summed E-state index contributed by atoms with van der Waals surface area (Å²) in [5, 5.41) is 0.595. The van der Waals surface area contributed by atoms with Crippen LogP contribution in [0.25, 0.3) is 0 Å². The van der Waals surface area contributed by atoms with Gasteiger partial charge in [-0.05, 0) is 43.9 Å². The number of piperidine rings is 1. The number of benzene rings is 1. The van der Waals surface area contributed by atoms with Gasteiger partial charge in [0.15, 0.2) is 0 Å². The molecule has 0 radical (unpaired) electrons. The summed E-state index contributed by atoms with van der Waals surface area (Å²) >= 11 is 6.03. The molecule has 128 valence electrons. The molecule has 2 rings (SSSR count). The predicted octanol–water partition coefficient (Wildman–Crippen LogP) is 2.49. The van der Waals surface area contributed by atoms with Crippen LogP contribution in [-0.2, 0) is 26.0 Å². The smallest absolute Gasteiger partial charge is 0.313 e. The molecular weight excluding hydrogens is 338 g/mol. The summed E-state index contributed by atoms with van der Waals surface area (Å²) in [5.41, 5.74) is 0.0445. The van der Waals surface area contributed by atoms with E-state index in [1.165, 1.54) is 10.6 Å². The van der Waals surface area contributed by atoms with Crippen LogP contribution in [0.4, 0.5) is 0 Å². The monoisotopic (exact) mass is 359 g/mol. The number of hydrogen-bond donors (Lipinski definition) is 0. The first-order valence-corrected chi connectivity index (χ1v) is 9.86. The second kappa shape index (κ2) is 7.20. The lowest BCUT2D eigenvalue weighted by Crippen LogP contribution is -2.51. The molecule has 1 aromatic rings. The molecule has 1 aliphatic rings. The van der Waals surface area contributed by atoms with Crippen LogP contribution in [0, 0.1) is 5.41 Å². The van der Waals surface area contributed by atoms with Crippen molar-refractivity contribution in [2.45, 2.75) is 26.2 Å². The maximum absolute atomic E-state index is 12.6. The first-order chi connectivity index (χ1) is 10.8. The summed E-state index contributed by atoms with van der Waals surface area (Å²) in [5.74, 6) is -0.340. The highest BCUT2D eigenvalue weighted by Crippen LogP contribution is 2.36. The second-order valence-corrected chi connectivity index (χ2v) is 8.43.